The minimum atomic E-state index is 0.327. The molecule has 1 aromatic carbocycles. The summed E-state index contributed by atoms with van der Waals surface area (Å²) in [4.78, 5) is 4.61. The van der Waals surface area contributed by atoms with Gasteiger partial charge in [-0.3, -0.25) is 0 Å². The van der Waals surface area contributed by atoms with Gasteiger partial charge in [0.05, 0.1) is 10.7 Å². The van der Waals surface area contributed by atoms with E-state index in [2.05, 4.69) is 60.0 Å². The topological polar surface area (TPSA) is 24.9 Å². The average molecular weight is 272 g/mol. The van der Waals surface area contributed by atoms with Gasteiger partial charge in [-0.1, -0.05) is 30.3 Å². The molecule has 1 aliphatic carbocycles. The number of aryl methyl sites for hydroxylation is 1. The highest BCUT2D eigenvalue weighted by Crippen LogP contribution is 2.51. The standard InChI is InChI=1S/C16H20N2S/c1-12-18-14(11-19-12)10-15(17-2)16(8-9-16)13-6-4-3-5-7-13/h3-7,11,15,17H,8-10H2,1-2H3. The van der Waals surface area contributed by atoms with Gasteiger partial charge in [-0.05, 0) is 32.4 Å². The third kappa shape index (κ3) is 2.45. The predicted molar refractivity (Wildman–Crippen MR) is 80.8 cm³/mol. The van der Waals surface area contributed by atoms with Gasteiger partial charge in [0.15, 0.2) is 0 Å². The van der Waals surface area contributed by atoms with Crippen LogP contribution in [0.1, 0.15) is 29.1 Å². The van der Waals surface area contributed by atoms with Crippen molar-refractivity contribution >= 4 is 11.3 Å². The number of benzene rings is 1. The van der Waals surface area contributed by atoms with Gasteiger partial charge in [0.25, 0.3) is 0 Å². The molecular formula is C16H20N2S. The van der Waals surface area contributed by atoms with E-state index in [1.165, 1.54) is 24.1 Å². The fourth-order valence-corrected chi connectivity index (χ4v) is 3.65. The third-order valence-electron chi connectivity index (χ3n) is 4.23. The van der Waals surface area contributed by atoms with Crippen LogP contribution in [0.3, 0.4) is 0 Å². The van der Waals surface area contributed by atoms with E-state index >= 15 is 0 Å². The number of hydrogen-bond donors (Lipinski definition) is 1. The Morgan fingerprint density at radius 3 is 2.58 bits per heavy atom. The van der Waals surface area contributed by atoms with Crippen LogP contribution in [0, 0.1) is 6.92 Å². The van der Waals surface area contributed by atoms with Crippen LogP contribution in [0.5, 0.6) is 0 Å². The number of hydrogen-bond acceptors (Lipinski definition) is 3. The van der Waals surface area contributed by atoms with Gasteiger partial charge in [0.1, 0.15) is 0 Å². The van der Waals surface area contributed by atoms with Gasteiger partial charge < -0.3 is 5.32 Å². The van der Waals surface area contributed by atoms with E-state index in [0.717, 1.165) is 11.4 Å². The quantitative estimate of drug-likeness (QED) is 0.903. The number of nitrogens with one attached hydrogen (secondary N) is 1. The summed E-state index contributed by atoms with van der Waals surface area (Å²) in [5.74, 6) is 0. The highest BCUT2D eigenvalue weighted by molar-refractivity contribution is 7.09. The van der Waals surface area contributed by atoms with E-state index in [9.17, 15) is 0 Å². The number of aromatic nitrogens is 1. The number of rotatable bonds is 5. The first-order chi connectivity index (χ1) is 9.24. The molecule has 2 aromatic rings. The molecule has 2 nitrogen and oxygen atoms in total. The summed E-state index contributed by atoms with van der Waals surface area (Å²) >= 11 is 1.74. The molecule has 0 amide bonds. The fraction of sp³-hybridized carbons (Fsp3) is 0.438. The Bertz CT molecular complexity index is 543. The Morgan fingerprint density at radius 1 is 1.32 bits per heavy atom. The lowest BCUT2D eigenvalue weighted by Crippen LogP contribution is -2.39. The maximum atomic E-state index is 4.61. The normalized spacial score (nSPS) is 18.2. The van der Waals surface area contributed by atoms with E-state index in [1.54, 1.807) is 11.3 Å². The highest BCUT2D eigenvalue weighted by Gasteiger charge is 2.49. The van der Waals surface area contributed by atoms with E-state index < -0.39 is 0 Å². The van der Waals surface area contributed by atoms with Crippen LogP contribution in [0.2, 0.25) is 0 Å². The van der Waals surface area contributed by atoms with Crippen LogP contribution >= 0.6 is 11.3 Å². The van der Waals surface area contributed by atoms with Crippen molar-refractivity contribution in [1.82, 2.24) is 10.3 Å². The van der Waals surface area contributed by atoms with Crippen molar-refractivity contribution in [3.8, 4) is 0 Å². The largest absolute Gasteiger partial charge is 0.316 e. The van der Waals surface area contributed by atoms with Crippen molar-refractivity contribution in [2.24, 2.45) is 0 Å². The van der Waals surface area contributed by atoms with Crippen molar-refractivity contribution in [1.29, 1.82) is 0 Å². The first kappa shape index (κ1) is 12.8. The molecule has 1 fully saturated rings. The Balaban J connectivity index is 1.82. The maximum absolute atomic E-state index is 4.61. The first-order valence-corrected chi connectivity index (χ1v) is 7.76. The number of thiazole rings is 1. The van der Waals surface area contributed by atoms with Crippen molar-refractivity contribution < 1.29 is 0 Å². The zero-order valence-corrected chi connectivity index (χ0v) is 12.3. The lowest BCUT2D eigenvalue weighted by Gasteiger charge is -2.26. The molecule has 0 spiro atoms. The van der Waals surface area contributed by atoms with Crippen LogP contribution in [0.15, 0.2) is 35.7 Å². The molecule has 100 valence electrons. The minimum Gasteiger partial charge on any atom is -0.316 e. The van der Waals surface area contributed by atoms with Gasteiger partial charge >= 0.3 is 0 Å². The van der Waals surface area contributed by atoms with Crippen LogP contribution in [0.25, 0.3) is 0 Å². The molecule has 1 atom stereocenters. The maximum Gasteiger partial charge on any atom is 0.0897 e. The van der Waals surface area contributed by atoms with Crippen molar-refractivity contribution in [2.75, 3.05) is 7.05 Å². The fourth-order valence-electron chi connectivity index (χ4n) is 3.03. The molecule has 1 aliphatic rings. The third-order valence-corrected chi connectivity index (χ3v) is 5.06. The molecule has 1 saturated carbocycles. The van der Waals surface area contributed by atoms with Crippen molar-refractivity contribution in [2.45, 2.75) is 37.6 Å². The molecule has 0 saturated heterocycles. The summed E-state index contributed by atoms with van der Waals surface area (Å²) < 4.78 is 0. The lowest BCUT2D eigenvalue weighted by molar-refractivity contribution is 0.439. The monoisotopic (exact) mass is 272 g/mol. The molecule has 1 heterocycles. The van der Waals surface area contributed by atoms with Crippen LogP contribution < -0.4 is 5.32 Å². The SMILES string of the molecule is CNC(Cc1csc(C)n1)C1(c2ccccc2)CC1. The second kappa shape index (κ2) is 5.06. The summed E-state index contributed by atoms with van der Waals surface area (Å²) in [6.45, 7) is 2.08. The summed E-state index contributed by atoms with van der Waals surface area (Å²) in [6, 6.07) is 11.4. The Kier molecular flexibility index (Phi) is 3.42. The number of nitrogens with zero attached hydrogens (tertiary/aromatic N) is 1. The Hall–Kier alpha value is -1.19. The highest BCUT2D eigenvalue weighted by atomic mass is 32.1. The zero-order valence-electron chi connectivity index (χ0n) is 11.5. The lowest BCUT2D eigenvalue weighted by atomic mass is 9.85. The van der Waals surface area contributed by atoms with Gasteiger partial charge in [-0.25, -0.2) is 4.98 Å². The van der Waals surface area contributed by atoms with Crippen molar-refractivity contribution in [3.63, 3.8) is 0 Å². The molecule has 3 heteroatoms. The van der Waals surface area contributed by atoms with Gasteiger partial charge in [0, 0.05) is 23.3 Å². The molecule has 19 heavy (non-hydrogen) atoms. The van der Waals surface area contributed by atoms with Crippen LogP contribution in [-0.2, 0) is 11.8 Å². The second-order valence-corrected chi connectivity index (χ2v) is 6.49. The molecule has 1 aromatic heterocycles. The summed E-state index contributed by atoms with van der Waals surface area (Å²) in [6.07, 6.45) is 3.59. The second-order valence-electron chi connectivity index (χ2n) is 5.43. The molecular weight excluding hydrogens is 252 g/mol. The van der Waals surface area contributed by atoms with E-state index in [4.69, 9.17) is 0 Å². The summed E-state index contributed by atoms with van der Waals surface area (Å²) in [5, 5.41) is 6.88. The molecule has 0 radical (unpaired) electrons. The van der Waals surface area contributed by atoms with E-state index in [0.29, 0.717) is 11.5 Å². The van der Waals surface area contributed by atoms with Crippen LogP contribution in [0.4, 0.5) is 0 Å². The predicted octanol–water partition coefficient (Wildman–Crippen LogP) is 3.31. The summed E-state index contributed by atoms with van der Waals surface area (Å²) in [5.41, 5.74) is 3.03. The molecule has 1 unspecified atom stereocenters. The van der Waals surface area contributed by atoms with Gasteiger partial charge in [-0.15, -0.1) is 11.3 Å². The Labute approximate surface area is 118 Å². The van der Waals surface area contributed by atoms with Gasteiger partial charge in [0.2, 0.25) is 0 Å². The molecule has 0 aliphatic heterocycles. The number of likely N-dealkylation sites (N-methyl/N-ethyl adjacent to an activating group) is 1. The molecule has 1 N–H and O–H groups in total. The average Bonchev–Trinajstić information content (AvgIpc) is 3.15. The zero-order chi connectivity index (χ0) is 13.3. The van der Waals surface area contributed by atoms with E-state index in [-0.39, 0.29) is 0 Å². The smallest absolute Gasteiger partial charge is 0.0897 e. The molecule has 3 rings (SSSR count). The van der Waals surface area contributed by atoms with E-state index in [1.807, 2.05) is 0 Å². The van der Waals surface area contributed by atoms with Gasteiger partial charge in [-0.2, -0.15) is 0 Å². The first-order valence-electron chi connectivity index (χ1n) is 6.88. The van der Waals surface area contributed by atoms with Crippen molar-refractivity contribution in [3.05, 3.63) is 52.0 Å². The summed E-state index contributed by atoms with van der Waals surface area (Å²) in [7, 11) is 2.08. The minimum absolute atomic E-state index is 0.327. The van der Waals surface area contributed by atoms with Crippen LogP contribution in [-0.4, -0.2) is 18.1 Å². The Morgan fingerprint density at radius 2 is 2.05 bits per heavy atom. The molecule has 0 bridgehead atoms.